The number of hydrogen-bond donors (Lipinski definition) is 13. The molecule has 1 saturated carbocycles. The molecule has 0 unspecified atom stereocenters. The lowest BCUT2D eigenvalue weighted by atomic mass is 9.81. The van der Waals surface area contributed by atoms with E-state index in [9.17, 15) is 40.5 Å². The van der Waals surface area contributed by atoms with E-state index < -0.39 is 122 Å². The largest absolute Gasteiger partial charge is 0.432 e. The maximum atomic E-state index is 12.3. The summed E-state index contributed by atoms with van der Waals surface area (Å²) < 4.78 is 29.2. The van der Waals surface area contributed by atoms with Crippen LogP contribution in [-0.4, -0.2) is 165 Å². The summed E-state index contributed by atoms with van der Waals surface area (Å²) in [4.78, 5) is 20.0. The van der Waals surface area contributed by atoms with Crippen LogP contribution in [0.3, 0.4) is 0 Å². The Morgan fingerprint density at radius 3 is 2.07 bits per heavy atom. The van der Waals surface area contributed by atoms with Gasteiger partial charge in [0, 0.05) is 0 Å². The Labute approximate surface area is 244 Å². The van der Waals surface area contributed by atoms with Gasteiger partial charge in [0.1, 0.15) is 60.9 Å². The van der Waals surface area contributed by atoms with Crippen LogP contribution < -0.4 is 33.6 Å². The fraction of sp³-hybridized carbons (Fsp3) is 0.864. The molecular formula is C22H40N8O13. The number of aliphatic hydroxyl groups is 7. The highest BCUT2D eigenvalue weighted by atomic mass is 16.8. The quantitative estimate of drug-likeness (QED) is 0.0880. The molecule has 16 atom stereocenters. The molecule has 1 aliphatic carbocycles. The first-order chi connectivity index (χ1) is 20.2. The smallest absolute Gasteiger partial charge is 0.410 e. The Kier molecular flexibility index (Phi) is 9.85. The van der Waals surface area contributed by atoms with Crippen molar-refractivity contribution >= 4 is 18.0 Å². The number of amides is 1. The van der Waals surface area contributed by atoms with E-state index >= 15 is 0 Å². The first-order valence-corrected chi connectivity index (χ1v) is 13.3. The van der Waals surface area contributed by atoms with Gasteiger partial charge in [-0.15, -0.1) is 0 Å². The number of carbonyl (C=O) groups excluding carboxylic acids is 1. The van der Waals surface area contributed by atoms with Gasteiger partial charge in [-0.1, -0.05) is 0 Å². The van der Waals surface area contributed by atoms with Crippen LogP contribution in [0.1, 0.15) is 6.92 Å². The summed E-state index contributed by atoms with van der Waals surface area (Å²) in [7, 11) is 1.43. The lowest BCUT2D eigenvalue weighted by molar-refractivity contribution is -0.318. The average Bonchev–Trinajstić information content (AvgIpc) is 3.38. The van der Waals surface area contributed by atoms with Gasteiger partial charge < -0.3 is 87.7 Å². The van der Waals surface area contributed by atoms with E-state index in [1.54, 1.807) is 0 Å². The van der Waals surface area contributed by atoms with Crippen LogP contribution in [0.5, 0.6) is 0 Å². The number of nitrogens with one attached hydrogen (secondary N) is 2. The molecule has 0 bridgehead atoms. The zero-order valence-corrected chi connectivity index (χ0v) is 23.2. The molecule has 0 aromatic carbocycles. The molecule has 17 N–H and O–H groups in total. The summed E-state index contributed by atoms with van der Waals surface area (Å²) in [6.45, 7) is 0.705. The summed E-state index contributed by atoms with van der Waals surface area (Å²) >= 11 is 0. The van der Waals surface area contributed by atoms with Crippen molar-refractivity contribution in [3.05, 3.63) is 0 Å². The summed E-state index contributed by atoms with van der Waals surface area (Å²) in [5.74, 6) is -1.04. The van der Waals surface area contributed by atoms with Gasteiger partial charge in [-0.3, -0.25) is 5.32 Å². The number of nitrogens with zero attached hydrogens (tertiary/aromatic N) is 2. The Morgan fingerprint density at radius 2 is 1.53 bits per heavy atom. The number of aliphatic hydroxyl groups excluding tert-OH is 7. The Bertz CT molecular complexity index is 1070. The Hall–Kier alpha value is -2.67. The highest BCUT2D eigenvalue weighted by Crippen LogP contribution is 2.44. The lowest BCUT2D eigenvalue weighted by Crippen LogP contribution is -2.67. The van der Waals surface area contributed by atoms with Gasteiger partial charge in [0.15, 0.2) is 36.8 Å². The molecule has 1 amide bonds. The summed E-state index contributed by atoms with van der Waals surface area (Å²) in [6.07, 6.45) is -20.1. The third kappa shape index (κ3) is 5.91. The Balaban J connectivity index is 1.72. The number of carbonyl (C=O) groups is 1. The van der Waals surface area contributed by atoms with Gasteiger partial charge in [0.25, 0.3) is 0 Å². The molecule has 3 heterocycles. The van der Waals surface area contributed by atoms with Crippen molar-refractivity contribution in [2.24, 2.45) is 32.9 Å². The lowest BCUT2D eigenvalue weighted by Gasteiger charge is -2.46. The van der Waals surface area contributed by atoms with Crippen LogP contribution in [0.4, 0.5) is 4.79 Å². The van der Waals surface area contributed by atoms with Crippen molar-refractivity contribution in [1.29, 1.82) is 0 Å². The number of nitrogens with two attached hydrogens (primary N) is 4. The van der Waals surface area contributed by atoms with Crippen LogP contribution in [-0.2, 0) is 23.7 Å². The summed E-state index contributed by atoms with van der Waals surface area (Å²) in [5, 5.41) is 79.4. The second-order valence-electron chi connectivity index (χ2n) is 10.7. The number of rotatable bonds is 8. The van der Waals surface area contributed by atoms with Crippen LogP contribution in [0.15, 0.2) is 9.98 Å². The van der Waals surface area contributed by atoms with Crippen molar-refractivity contribution in [2.75, 3.05) is 13.7 Å². The molecule has 4 fully saturated rings. The van der Waals surface area contributed by atoms with Gasteiger partial charge in [-0.05, 0) is 14.0 Å². The summed E-state index contributed by atoms with van der Waals surface area (Å²) in [6, 6.07) is -4.12. The number of likely N-dealkylation sites (N-methyl/N-ethyl adjacent to an activating group) is 1. The highest BCUT2D eigenvalue weighted by molar-refractivity contribution is 5.76. The predicted molar refractivity (Wildman–Crippen MR) is 140 cm³/mol. The van der Waals surface area contributed by atoms with Gasteiger partial charge >= 0.3 is 6.09 Å². The predicted octanol–water partition coefficient (Wildman–Crippen LogP) is -8.29. The molecule has 43 heavy (non-hydrogen) atoms. The van der Waals surface area contributed by atoms with Crippen LogP contribution in [0.25, 0.3) is 0 Å². The number of alkyl carbamates (subject to hydrolysis) is 1. The van der Waals surface area contributed by atoms with Gasteiger partial charge in [-0.25, -0.2) is 14.8 Å². The van der Waals surface area contributed by atoms with Crippen molar-refractivity contribution < 1.29 is 64.2 Å². The molecule has 3 aliphatic heterocycles. The minimum atomic E-state index is -2.03. The normalized spacial score (nSPS) is 48.0. The standard InChI is InChI=1S/C22H40N8O13/c1-4-22(18(37)30-21(38)43-22)15(42-16-8(27-2)12(35)9(32)5(3-31)40-16)17(39-4)41-14-7(29-20(25)26)10(33)6(28-19(23)24)11(34)13(14)36/h4-18,27,31-37H,3H2,1-2H3,(H,30,38)(H4,23,24,28)(H4,25,26,29)/t4-,5-,6-,7+,8-,9-,10-,11+,12-,13-,14-,15-,16-,17-,18+,22+/m0/s1. The molecule has 3 saturated heterocycles. The monoisotopic (exact) mass is 624 g/mol. The van der Waals surface area contributed by atoms with Gasteiger partial charge in [0.2, 0.25) is 5.60 Å². The van der Waals surface area contributed by atoms with Crippen molar-refractivity contribution in [3.63, 3.8) is 0 Å². The van der Waals surface area contributed by atoms with Crippen LogP contribution >= 0.6 is 0 Å². The molecule has 246 valence electrons. The average molecular weight is 625 g/mol. The first-order valence-electron chi connectivity index (χ1n) is 13.3. The molecular weight excluding hydrogens is 584 g/mol. The van der Waals surface area contributed by atoms with Crippen molar-refractivity contribution in [2.45, 2.75) is 104 Å². The number of aliphatic imine (C=N–C) groups is 2. The van der Waals surface area contributed by atoms with Crippen LogP contribution in [0, 0.1) is 0 Å². The van der Waals surface area contributed by atoms with E-state index in [-0.39, 0.29) is 0 Å². The minimum absolute atomic E-state index is 0.508. The van der Waals surface area contributed by atoms with Gasteiger partial charge in [-0.2, -0.15) is 0 Å². The van der Waals surface area contributed by atoms with E-state index in [0.717, 1.165) is 0 Å². The molecule has 21 nitrogen and oxygen atoms in total. The molecule has 21 heteroatoms. The van der Waals surface area contributed by atoms with Crippen molar-refractivity contribution in [3.8, 4) is 0 Å². The second-order valence-corrected chi connectivity index (χ2v) is 10.7. The molecule has 4 aliphatic rings. The van der Waals surface area contributed by atoms with E-state index in [1.165, 1.54) is 14.0 Å². The molecule has 4 rings (SSSR count). The second kappa shape index (κ2) is 12.7. The zero-order valence-electron chi connectivity index (χ0n) is 23.2. The number of guanidine groups is 2. The number of ether oxygens (including phenoxy) is 5. The van der Waals surface area contributed by atoms with Crippen molar-refractivity contribution in [1.82, 2.24) is 10.6 Å². The minimum Gasteiger partial charge on any atom is -0.432 e. The number of hydrogen-bond acceptors (Lipinski definition) is 16. The third-order valence-corrected chi connectivity index (χ3v) is 8.07. The van der Waals surface area contributed by atoms with E-state index in [0.29, 0.717) is 0 Å². The SMILES string of the molecule is CN[C@@H]1[C@H](O[C@H]2[C@H](O[C@@H]3[C@@H](O)[C@H](O)[C@@H](N=C(N)N)[C@H](O)[C@H]3N=C(N)N)O[C@@H](C)[C@@]23OC(=O)N[C@@H]3O)O[C@@H](CO)[C@H](O)[C@H]1O. The fourth-order valence-corrected chi connectivity index (χ4v) is 5.90. The molecule has 0 radical (unpaired) electrons. The fourth-order valence-electron chi connectivity index (χ4n) is 5.90. The first kappa shape index (κ1) is 33.2. The molecule has 1 spiro atoms. The van der Waals surface area contributed by atoms with Gasteiger partial charge in [0.05, 0.1) is 12.6 Å². The molecule has 0 aromatic rings. The van der Waals surface area contributed by atoms with E-state index in [4.69, 9.17) is 46.6 Å². The van der Waals surface area contributed by atoms with E-state index in [2.05, 4.69) is 20.6 Å². The maximum Gasteiger partial charge on any atom is 0.410 e. The topological polar surface area (TPSA) is 358 Å². The third-order valence-electron chi connectivity index (χ3n) is 8.07. The zero-order chi connectivity index (χ0) is 32.0. The van der Waals surface area contributed by atoms with E-state index in [1.807, 2.05) is 0 Å². The maximum absolute atomic E-state index is 12.3. The summed E-state index contributed by atoms with van der Waals surface area (Å²) in [5.41, 5.74) is 19.9. The Morgan fingerprint density at radius 1 is 0.907 bits per heavy atom. The highest BCUT2D eigenvalue weighted by Gasteiger charge is 2.69. The molecule has 0 aromatic heterocycles. The van der Waals surface area contributed by atoms with Crippen LogP contribution in [0.2, 0.25) is 0 Å².